The first-order chi connectivity index (χ1) is 21.8. The fourth-order valence-corrected chi connectivity index (χ4v) is 3.90. The van der Waals surface area contributed by atoms with Crippen LogP contribution in [-0.2, 0) is 43.1 Å². The Morgan fingerprint density at radius 3 is 0.915 bits per heavy atom. The Morgan fingerprint density at radius 2 is 0.638 bits per heavy atom. The molecule has 0 unspecified atom stereocenters. The van der Waals surface area contributed by atoms with Gasteiger partial charge in [-0.1, -0.05) is 0 Å². The smallest absolute Gasteiger partial charge is 0.317 e. The lowest BCUT2D eigenvalue weighted by Crippen LogP contribution is -2.45. The average Bonchev–Trinajstić information content (AvgIpc) is 2.89. The lowest BCUT2D eigenvalue weighted by atomic mass is 10.3. The van der Waals surface area contributed by atoms with E-state index in [0.29, 0.717) is 0 Å². The van der Waals surface area contributed by atoms with Crippen molar-refractivity contribution in [1.82, 2.24) is 24.5 Å². The van der Waals surface area contributed by atoms with Crippen LogP contribution in [0.4, 0.5) is 0 Å². The zero-order valence-electron chi connectivity index (χ0n) is 26.4. The second-order valence-electron chi connectivity index (χ2n) is 10.2. The number of ketones is 2. The molecule has 47 heavy (non-hydrogen) atoms. The molecule has 0 saturated heterocycles. The molecule has 21 nitrogen and oxygen atoms in total. The minimum Gasteiger partial charge on any atom is -0.480 e. The fourth-order valence-electron chi connectivity index (χ4n) is 3.90. The highest BCUT2D eigenvalue weighted by Crippen LogP contribution is 1.98. The van der Waals surface area contributed by atoms with E-state index in [1.807, 2.05) is 0 Å². The van der Waals surface area contributed by atoms with E-state index in [1.54, 1.807) is 0 Å². The molecule has 0 heterocycles. The number of carboxylic acids is 6. The van der Waals surface area contributed by atoms with Gasteiger partial charge in [0.1, 0.15) is 25.1 Å². The van der Waals surface area contributed by atoms with E-state index in [2.05, 4.69) is 0 Å². The van der Waals surface area contributed by atoms with Gasteiger partial charge in [-0.05, 0) is 13.8 Å². The first-order valence-electron chi connectivity index (χ1n) is 13.9. The van der Waals surface area contributed by atoms with Gasteiger partial charge < -0.3 is 40.5 Å². The molecular formula is C26H45N5O16. The van der Waals surface area contributed by atoms with Crippen molar-refractivity contribution >= 4 is 47.4 Å². The maximum Gasteiger partial charge on any atom is 0.317 e. The van der Waals surface area contributed by atoms with E-state index < -0.39 is 55.7 Å². The van der Waals surface area contributed by atoms with Crippen molar-refractivity contribution < 1.29 is 78.8 Å². The maximum absolute atomic E-state index is 11.2. The Balaban J connectivity index is 0. The number of ether oxygens (including phenoxy) is 1. The van der Waals surface area contributed by atoms with Crippen molar-refractivity contribution in [3.63, 3.8) is 0 Å². The third-order valence-corrected chi connectivity index (χ3v) is 5.61. The van der Waals surface area contributed by atoms with Crippen LogP contribution in [0.1, 0.15) is 13.8 Å². The van der Waals surface area contributed by atoms with Crippen LogP contribution >= 0.6 is 0 Å². The third kappa shape index (κ3) is 30.3. The van der Waals surface area contributed by atoms with Gasteiger partial charge in [0.15, 0.2) is 0 Å². The van der Waals surface area contributed by atoms with Gasteiger partial charge >= 0.3 is 35.8 Å². The van der Waals surface area contributed by atoms with Crippen LogP contribution in [0.5, 0.6) is 0 Å². The summed E-state index contributed by atoms with van der Waals surface area (Å²) in [5, 5.41) is 61.5. The fraction of sp³-hybridized carbons (Fsp3) is 0.692. The molecule has 0 aliphatic rings. The highest BCUT2D eigenvalue weighted by Gasteiger charge is 2.19. The van der Waals surface area contributed by atoms with Gasteiger partial charge in [0, 0.05) is 39.3 Å². The largest absolute Gasteiger partial charge is 0.480 e. The van der Waals surface area contributed by atoms with Crippen LogP contribution < -0.4 is 0 Å². The van der Waals surface area contributed by atoms with Gasteiger partial charge in [-0.25, -0.2) is 0 Å². The van der Waals surface area contributed by atoms with E-state index in [4.69, 9.17) is 40.5 Å². The summed E-state index contributed by atoms with van der Waals surface area (Å²) in [6.07, 6.45) is 0. The molecule has 0 fully saturated rings. The molecule has 0 aromatic carbocycles. The van der Waals surface area contributed by atoms with Crippen molar-refractivity contribution in [3.8, 4) is 0 Å². The minimum atomic E-state index is -1.18. The highest BCUT2D eigenvalue weighted by molar-refractivity contribution is 5.79. The number of hydrogen-bond acceptors (Lipinski definition) is 15. The summed E-state index contributed by atoms with van der Waals surface area (Å²) in [5.74, 6) is -7.21. The molecule has 21 heteroatoms. The normalized spacial score (nSPS) is 11.1. The molecule has 0 aromatic heterocycles. The molecule has 0 atom stereocenters. The number of aliphatic hydroxyl groups is 1. The van der Waals surface area contributed by atoms with Gasteiger partial charge in [-0.3, -0.25) is 62.9 Å². The average molecular weight is 684 g/mol. The van der Waals surface area contributed by atoms with Crippen LogP contribution in [0.25, 0.3) is 0 Å². The van der Waals surface area contributed by atoms with Crippen LogP contribution in [0.3, 0.4) is 0 Å². The zero-order chi connectivity index (χ0) is 36.5. The number of carboxylic acid groups (broad SMARTS) is 6. The molecule has 7 N–H and O–H groups in total. The number of nitrogens with zero attached hydrogens (tertiary/aromatic N) is 5. The van der Waals surface area contributed by atoms with E-state index in [0.717, 1.165) is 4.90 Å². The Morgan fingerprint density at radius 1 is 0.404 bits per heavy atom. The molecule has 0 aliphatic heterocycles. The first-order valence-corrected chi connectivity index (χ1v) is 13.9. The number of Topliss-reactive ketones (excluding diaryl/α,β-unsaturated/α-hetero) is 2. The minimum absolute atomic E-state index is 0.0408. The van der Waals surface area contributed by atoms with E-state index in [9.17, 15) is 38.4 Å². The van der Waals surface area contributed by atoms with Gasteiger partial charge in [0.25, 0.3) is 0 Å². The van der Waals surface area contributed by atoms with Crippen molar-refractivity contribution in [2.24, 2.45) is 0 Å². The molecule has 0 radical (unpaired) electrons. The predicted molar refractivity (Wildman–Crippen MR) is 158 cm³/mol. The number of carbonyl (C=O) groups is 8. The molecule has 0 amide bonds. The van der Waals surface area contributed by atoms with E-state index >= 15 is 0 Å². The van der Waals surface area contributed by atoms with Gasteiger partial charge in [0.2, 0.25) is 0 Å². The lowest BCUT2D eigenvalue weighted by Gasteiger charge is -2.27. The molecule has 0 saturated carbocycles. The molecular weight excluding hydrogens is 638 g/mol. The van der Waals surface area contributed by atoms with E-state index in [1.165, 1.54) is 33.4 Å². The quantitative estimate of drug-likeness (QED) is 0.0387. The summed E-state index contributed by atoms with van der Waals surface area (Å²) in [4.78, 5) is 93.6. The summed E-state index contributed by atoms with van der Waals surface area (Å²) >= 11 is 0. The second kappa shape index (κ2) is 26.0. The number of carbonyl (C=O) groups excluding carboxylic acids is 2. The zero-order valence-corrected chi connectivity index (χ0v) is 26.4. The lowest BCUT2D eigenvalue weighted by molar-refractivity contribution is -0.143. The Bertz CT molecular complexity index is 959. The van der Waals surface area contributed by atoms with Gasteiger partial charge in [0.05, 0.1) is 52.4 Å². The predicted octanol–water partition coefficient (Wildman–Crippen LogP) is -3.91. The van der Waals surface area contributed by atoms with Crippen LogP contribution in [0.2, 0.25) is 0 Å². The SMILES string of the molecule is CC(=O)CN(CCN(CC(=O)O)CC(=O)O)CC(=O)O.CC(=O)CN(CCN(CCN(COCO)CC(=O)O)CC(=O)O)CC(=O)O. The van der Waals surface area contributed by atoms with Crippen molar-refractivity contribution in [1.29, 1.82) is 0 Å². The first kappa shape index (κ1) is 45.0. The molecule has 0 aliphatic carbocycles. The van der Waals surface area contributed by atoms with Crippen molar-refractivity contribution in [3.05, 3.63) is 0 Å². The standard InChI is InChI=1S/C15H27N3O9.C11H18N2O7/c1-12(20)6-17(8-14(23)24)4-2-16(7-13(21)22)3-5-18(9-15(25)26)10-27-11-19;1-8(14)4-12(5-9(15)16)2-3-13(6-10(17)18)7-11(19)20/h19H,2-11H2,1H3,(H,21,22)(H,23,24)(H,25,26);2-7H2,1H3,(H,15,16)(H,17,18)(H,19,20). The monoisotopic (exact) mass is 683 g/mol. The summed E-state index contributed by atoms with van der Waals surface area (Å²) in [7, 11) is 0. The highest BCUT2D eigenvalue weighted by atomic mass is 16.6. The summed E-state index contributed by atoms with van der Waals surface area (Å²) in [6.45, 7) is 0.234. The van der Waals surface area contributed by atoms with Crippen molar-refractivity contribution in [2.45, 2.75) is 13.8 Å². The Kier molecular flexibility index (Phi) is 24.9. The second-order valence-corrected chi connectivity index (χ2v) is 10.2. The number of aliphatic carboxylic acids is 6. The number of rotatable bonds is 28. The van der Waals surface area contributed by atoms with Gasteiger partial charge in [-0.2, -0.15) is 0 Å². The molecule has 270 valence electrons. The Hall–Kier alpha value is -4.12. The topological polar surface area (TPSA) is 304 Å². The molecule has 0 aromatic rings. The molecule has 0 spiro atoms. The van der Waals surface area contributed by atoms with Gasteiger partial charge in [-0.15, -0.1) is 0 Å². The summed E-state index contributed by atoms with van der Waals surface area (Å²) in [5.41, 5.74) is 0. The summed E-state index contributed by atoms with van der Waals surface area (Å²) in [6, 6.07) is 0. The summed E-state index contributed by atoms with van der Waals surface area (Å²) < 4.78 is 4.77. The van der Waals surface area contributed by atoms with Crippen LogP contribution in [0.15, 0.2) is 0 Å². The maximum atomic E-state index is 11.2. The van der Waals surface area contributed by atoms with Crippen molar-refractivity contribution in [2.75, 3.05) is 105 Å². The third-order valence-electron chi connectivity index (χ3n) is 5.61. The van der Waals surface area contributed by atoms with Crippen LogP contribution in [0, 0.1) is 0 Å². The van der Waals surface area contributed by atoms with E-state index in [-0.39, 0.29) is 96.8 Å². The van der Waals surface area contributed by atoms with Crippen LogP contribution in [-0.4, -0.2) is 213 Å². The molecule has 0 rings (SSSR count). The number of hydrogen-bond donors (Lipinski definition) is 7. The Labute approximate surface area is 270 Å². The molecule has 0 bridgehead atoms. The number of aliphatic hydroxyl groups excluding tert-OH is 1.